The second-order valence-electron chi connectivity index (χ2n) is 10.7. The number of anilines is 4. The van der Waals surface area contributed by atoms with Crippen molar-refractivity contribution < 1.29 is 14.0 Å². The zero-order valence-electron chi connectivity index (χ0n) is 23.4. The molecule has 4 aromatic rings. The number of hydrogen-bond donors (Lipinski definition) is 3. The minimum atomic E-state index is -0.414. The molecule has 0 spiro atoms. The van der Waals surface area contributed by atoms with Crippen LogP contribution in [0.5, 0.6) is 0 Å². The Morgan fingerprint density at radius 3 is 2.48 bits per heavy atom. The lowest BCUT2D eigenvalue weighted by atomic mass is 10.0. The lowest BCUT2D eigenvalue weighted by Crippen LogP contribution is -2.44. The van der Waals surface area contributed by atoms with Gasteiger partial charge in [-0.25, -0.2) is 4.39 Å². The maximum Gasteiger partial charge on any atom is 0.246 e. The lowest BCUT2D eigenvalue weighted by molar-refractivity contribution is -0.125. The molecule has 0 unspecified atom stereocenters. The fourth-order valence-electron chi connectivity index (χ4n) is 5.48. The van der Waals surface area contributed by atoms with E-state index in [1.807, 2.05) is 12.1 Å². The molecule has 1 atom stereocenters. The largest absolute Gasteiger partial charge is 0.369 e. The van der Waals surface area contributed by atoms with Crippen molar-refractivity contribution in [2.75, 3.05) is 61.8 Å². The van der Waals surface area contributed by atoms with Crippen molar-refractivity contribution in [3.63, 3.8) is 0 Å². The van der Waals surface area contributed by atoms with Crippen LogP contribution in [0.4, 0.5) is 27.5 Å². The fourth-order valence-corrected chi connectivity index (χ4v) is 5.48. The predicted octanol–water partition coefficient (Wildman–Crippen LogP) is 4.02. The van der Waals surface area contributed by atoms with Crippen LogP contribution in [0.3, 0.4) is 0 Å². The van der Waals surface area contributed by atoms with Crippen LogP contribution in [0.1, 0.15) is 22.3 Å². The normalized spacial score (nSPS) is 17.4. The average Bonchev–Trinajstić information content (AvgIpc) is 3.65. The SMILES string of the molecule is C=CC(=O)N1CC[C@@H](Nc2nc(Nc3ccc(N4CCN(C)CC4)cc3)nc3[nH]cc(C(=O)c4ccc(F)cc4)c23)C1. The summed E-state index contributed by atoms with van der Waals surface area (Å²) >= 11 is 0. The number of nitrogens with one attached hydrogen (secondary N) is 3. The van der Waals surface area contributed by atoms with Gasteiger partial charge < -0.3 is 30.3 Å². The Kier molecular flexibility index (Phi) is 7.58. The van der Waals surface area contributed by atoms with E-state index in [-0.39, 0.29) is 17.7 Å². The standard InChI is InChI=1S/C31H33FN8O2/c1-3-26(41)40-13-12-23(19-40)34-30-27-25(28(42)20-4-6-21(32)7-5-20)18-33-29(27)36-31(37-30)35-22-8-10-24(11-9-22)39-16-14-38(2)15-17-39/h3-11,18,23H,1,12-17,19H2,2H3,(H3,33,34,35,36,37)/t23-/m1/s1. The highest BCUT2D eigenvalue weighted by Gasteiger charge is 2.27. The molecule has 42 heavy (non-hydrogen) atoms. The highest BCUT2D eigenvalue weighted by atomic mass is 19.1. The van der Waals surface area contributed by atoms with E-state index in [9.17, 15) is 14.0 Å². The molecule has 2 fully saturated rings. The van der Waals surface area contributed by atoms with E-state index >= 15 is 0 Å². The number of likely N-dealkylation sites (N-methyl/N-ethyl adjacent to an activating group) is 1. The van der Waals surface area contributed by atoms with E-state index in [1.54, 1.807) is 11.1 Å². The summed E-state index contributed by atoms with van der Waals surface area (Å²) in [5.74, 6) is 0.0211. The molecule has 0 aliphatic carbocycles. The van der Waals surface area contributed by atoms with E-state index in [1.165, 1.54) is 36.0 Å². The third-order valence-corrected chi connectivity index (χ3v) is 7.89. The summed E-state index contributed by atoms with van der Waals surface area (Å²) in [6.07, 6.45) is 3.63. The first-order chi connectivity index (χ1) is 20.4. The van der Waals surface area contributed by atoms with Gasteiger partial charge in [-0.15, -0.1) is 0 Å². The molecule has 1 amide bonds. The second kappa shape index (κ2) is 11.6. The number of aromatic nitrogens is 3. The van der Waals surface area contributed by atoms with Gasteiger partial charge in [0.1, 0.15) is 17.3 Å². The van der Waals surface area contributed by atoms with E-state index in [2.05, 4.69) is 56.2 Å². The molecule has 11 heteroatoms. The molecule has 216 valence electrons. The van der Waals surface area contributed by atoms with Crippen molar-refractivity contribution in [3.05, 3.63) is 84.3 Å². The molecule has 10 nitrogen and oxygen atoms in total. The molecule has 4 heterocycles. The Labute approximate surface area is 243 Å². The Morgan fingerprint density at radius 1 is 1.02 bits per heavy atom. The van der Waals surface area contributed by atoms with Crippen LogP contribution in [0.25, 0.3) is 11.0 Å². The summed E-state index contributed by atoms with van der Waals surface area (Å²) in [5, 5.41) is 7.29. The number of H-pyrrole nitrogens is 1. The Balaban J connectivity index is 1.30. The quantitative estimate of drug-likeness (QED) is 0.216. The molecule has 0 radical (unpaired) electrons. The van der Waals surface area contributed by atoms with Crippen LogP contribution in [0.2, 0.25) is 0 Å². The first kappa shape index (κ1) is 27.4. The van der Waals surface area contributed by atoms with Crippen molar-refractivity contribution in [2.45, 2.75) is 12.5 Å². The van der Waals surface area contributed by atoms with Crippen molar-refractivity contribution in [1.29, 1.82) is 0 Å². The summed E-state index contributed by atoms with van der Waals surface area (Å²) in [4.78, 5) is 44.6. The Morgan fingerprint density at radius 2 is 1.76 bits per heavy atom. The molecule has 0 saturated carbocycles. The number of likely N-dealkylation sites (tertiary alicyclic amines) is 1. The van der Waals surface area contributed by atoms with Gasteiger partial charge in [-0.1, -0.05) is 6.58 Å². The number of fused-ring (bicyclic) bond motifs is 1. The smallest absolute Gasteiger partial charge is 0.246 e. The van der Waals surface area contributed by atoms with Crippen LogP contribution in [-0.4, -0.2) is 88.8 Å². The molecule has 2 aliphatic heterocycles. The van der Waals surface area contributed by atoms with Crippen LogP contribution >= 0.6 is 0 Å². The van der Waals surface area contributed by atoms with Gasteiger partial charge in [0.15, 0.2) is 5.78 Å². The van der Waals surface area contributed by atoms with Gasteiger partial charge in [-0.05, 0) is 68.1 Å². The fraction of sp³-hybridized carbons (Fsp3) is 0.290. The molecule has 2 aromatic carbocycles. The second-order valence-corrected chi connectivity index (χ2v) is 10.7. The maximum atomic E-state index is 13.5. The third kappa shape index (κ3) is 5.68. The number of hydrogen-bond acceptors (Lipinski definition) is 8. The molecule has 2 aromatic heterocycles. The van der Waals surface area contributed by atoms with Crippen LogP contribution in [0, 0.1) is 5.82 Å². The molecule has 6 rings (SSSR count). The predicted molar refractivity (Wildman–Crippen MR) is 162 cm³/mol. The minimum absolute atomic E-state index is 0.0774. The van der Waals surface area contributed by atoms with Gasteiger partial charge in [0.25, 0.3) is 0 Å². The summed E-state index contributed by atoms with van der Waals surface area (Å²) in [5.41, 5.74) is 3.21. The number of carbonyl (C=O) groups excluding carboxylic acids is 2. The first-order valence-electron chi connectivity index (χ1n) is 14.1. The van der Waals surface area contributed by atoms with E-state index in [4.69, 9.17) is 4.98 Å². The van der Waals surface area contributed by atoms with Gasteiger partial charge in [0.05, 0.1) is 10.9 Å². The summed E-state index contributed by atoms with van der Waals surface area (Å²) < 4.78 is 13.5. The molecule has 2 saturated heterocycles. The number of aromatic amines is 1. The van der Waals surface area contributed by atoms with Crippen LogP contribution < -0.4 is 15.5 Å². The Hall–Kier alpha value is -4.77. The van der Waals surface area contributed by atoms with Crippen molar-refractivity contribution >= 4 is 45.9 Å². The van der Waals surface area contributed by atoms with Crippen LogP contribution in [-0.2, 0) is 4.79 Å². The van der Waals surface area contributed by atoms with Crippen LogP contribution in [0.15, 0.2) is 67.4 Å². The molecule has 2 aliphatic rings. The highest BCUT2D eigenvalue weighted by Crippen LogP contribution is 2.30. The lowest BCUT2D eigenvalue weighted by Gasteiger charge is -2.34. The van der Waals surface area contributed by atoms with E-state index in [0.717, 1.165) is 31.9 Å². The number of carbonyl (C=O) groups is 2. The van der Waals surface area contributed by atoms with Crippen molar-refractivity contribution in [3.8, 4) is 0 Å². The molecular weight excluding hydrogens is 535 g/mol. The first-order valence-corrected chi connectivity index (χ1v) is 14.1. The monoisotopic (exact) mass is 568 g/mol. The highest BCUT2D eigenvalue weighted by molar-refractivity contribution is 6.18. The number of ketones is 1. The average molecular weight is 569 g/mol. The minimum Gasteiger partial charge on any atom is -0.369 e. The zero-order chi connectivity index (χ0) is 29.2. The van der Waals surface area contributed by atoms with Crippen molar-refractivity contribution in [1.82, 2.24) is 24.8 Å². The third-order valence-electron chi connectivity index (χ3n) is 7.89. The molecule has 3 N–H and O–H groups in total. The number of nitrogens with zero attached hydrogens (tertiary/aromatic N) is 5. The summed E-state index contributed by atoms with van der Waals surface area (Å²) in [6.45, 7) is 8.71. The summed E-state index contributed by atoms with van der Waals surface area (Å²) in [6, 6.07) is 13.5. The molecular formula is C31H33FN8O2. The van der Waals surface area contributed by atoms with E-state index in [0.29, 0.717) is 53.4 Å². The summed E-state index contributed by atoms with van der Waals surface area (Å²) in [7, 11) is 2.14. The maximum absolute atomic E-state index is 13.5. The zero-order valence-corrected chi connectivity index (χ0v) is 23.4. The van der Waals surface area contributed by atoms with Gasteiger partial charge in [0, 0.05) is 68.4 Å². The van der Waals surface area contributed by atoms with Crippen molar-refractivity contribution in [2.24, 2.45) is 0 Å². The number of piperazine rings is 1. The van der Waals surface area contributed by atoms with Gasteiger partial charge >= 0.3 is 0 Å². The number of rotatable bonds is 8. The topological polar surface area (TPSA) is 109 Å². The van der Waals surface area contributed by atoms with E-state index < -0.39 is 5.82 Å². The van der Waals surface area contributed by atoms with Gasteiger partial charge in [-0.3, -0.25) is 9.59 Å². The number of amides is 1. The van der Waals surface area contributed by atoms with Gasteiger partial charge in [-0.2, -0.15) is 9.97 Å². The number of halogens is 1. The molecule has 0 bridgehead atoms. The Bertz CT molecular complexity index is 1610. The number of benzene rings is 2. The van der Waals surface area contributed by atoms with Gasteiger partial charge in [0.2, 0.25) is 11.9 Å².